The number of hydrogen-bond acceptors (Lipinski definition) is 3. The summed E-state index contributed by atoms with van der Waals surface area (Å²) in [5.41, 5.74) is 0.340. The molecule has 12 heavy (non-hydrogen) atoms. The van der Waals surface area contributed by atoms with E-state index < -0.39 is 10.1 Å². The van der Waals surface area contributed by atoms with Crippen molar-refractivity contribution in [1.82, 2.24) is 0 Å². The summed E-state index contributed by atoms with van der Waals surface area (Å²) in [4.78, 5) is -0.386. The molecule has 1 rings (SSSR count). The number of hydrogen-bond donors (Lipinski definition) is 0. The minimum atomic E-state index is -4.40. The van der Waals surface area contributed by atoms with Gasteiger partial charge in [-0.05, 0) is 5.56 Å². The van der Waals surface area contributed by atoms with Crippen molar-refractivity contribution >= 4 is 15.0 Å². The average Bonchev–Trinajstić information content (AvgIpc) is 2.03. The Hall–Kier alpha value is -1.13. The van der Waals surface area contributed by atoms with Gasteiger partial charge in [0.25, 0.3) is 0 Å². The maximum absolute atomic E-state index is 10.5. The van der Waals surface area contributed by atoms with Crippen molar-refractivity contribution in [3.63, 3.8) is 0 Å². The fraction of sp³-hybridized carbons (Fsp3) is 0. The highest BCUT2D eigenvalue weighted by Gasteiger charge is 2.03. The normalized spacial score (nSPS) is 11.1. The van der Waals surface area contributed by atoms with Gasteiger partial charge in [-0.15, -0.1) is 0 Å². The predicted octanol–water partition coefficient (Wildman–Crippen LogP) is 1.20. The first-order valence-corrected chi connectivity index (χ1v) is 4.63. The van der Waals surface area contributed by atoms with Gasteiger partial charge in [0, 0.05) is 0 Å². The molecule has 0 aliphatic heterocycles. The summed E-state index contributed by atoms with van der Waals surface area (Å²) in [6, 6.07) is 8.07. The molecule has 0 saturated heterocycles. The average molecular weight is 183 g/mol. The Balaban J connectivity index is 3.11. The molecular formula is C8H7O3S-. The van der Waals surface area contributed by atoms with Gasteiger partial charge >= 0.3 is 0 Å². The molecule has 0 N–H and O–H groups in total. The SMILES string of the molecule is C=C(c1ccccc1)S(=O)(=O)[O-]. The molecule has 0 aliphatic carbocycles. The van der Waals surface area contributed by atoms with E-state index in [1.807, 2.05) is 0 Å². The summed E-state index contributed by atoms with van der Waals surface area (Å²) in [6.45, 7) is 3.20. The maximum Gasteiger partial charge on any atom is 0.124 e. The molecule has 0 fully saturated rings. The zero-order chi connectivity index (χ0) is 9.19. The van der Waals surface area contributed by atoms with Crippen LogP contribution in [0.5, 0.6) is 0 Å². The molecule has 0 bridgehead atoms. The van der Waals surface area contributed by atoms with Gasteiger partial charge in [0.2, 0.25) is 0 Å². The monoisotopic (exact) mass is 183 g/mol. The van der Waals surface area contributed by atoms with Gasteiger partial charge in [-0.25, -0.2) is 8.42 Å². The van der Waals surface area contributed by atoms with Crippen LogP contribution in [0.3, 0.4) is 0 Å². The minimum Gasteiger partial charge on any atom is -0.744 e. The Morgan fingerprint density at radius 3 is 2.17 bits per heavy atom. The Morgan fingerprint density at radius 2 is 1.75 bits per heavy atom. The van der Waals surface area contributed by atoms with E-state index in [2.05, 4.69) is 6.58 Å². The van der Waals surface area contributed by atoms with E-state index in [9.17, 15) is 13.0 Å². The van der Waals surface area contributed by atoms with Gasteiger partial charge < -0.3 is 4.55 Å². The van der Waals surface area contributed by atoms with Crippen molar-refractivity contribution in [2.24, 2.45) is 0 Å². The lowest BCUT2D eigenvalue weighted by molar-refractivity contribution is 0.476. The van der Waals surface area contributed by atoms with E-state index in [0.29, 0.717) is 5.56 Å². The highest BCUT2D eigenvalue weighted by Crippen LogP contribution is 2.16. The van der Waals surface area contributed by atoms with Crippen LogP contribution in [0.4, 0.5) is 0 Å². The maximum atomic E-state index is 10.5. The highest BCUT2D eigenvalue weighted by molar-refractivity contribution is 7.95. The molecular weight excluding hydrogens is 176 g/mol. The third kappa shape index (κ3) is 1.93. The molecule has 3 nitrogen and oxygen atoms in total. The highest BCUT2D eigenvalue weighted by atomic mass is 32.2. The fourth-order valence-electron chi connectivity index (χ4n) is 0.768. The molecule has 0 heterocycles. The van der Waals surface area contributed by atoms with Crippen molar-refractivity contribution < 1.29 is 13.0 Å². The third-order valence-corrected chi connectivity index (χ3v) is 2.24. The van der Waals surface area contributed by atoms with Crippen LogP contribution in [0.2, 0.25) is 0 Å². The topological polar surface area (TPSA) is 57.2 Å². The fourth-order valence-corrected chi connectivity index (χ4v) is 1.19. The largest absolute Gasteiger partial charge is 0.744 e. The van der Waals surface area contributed by atoms with E-state index in [1.54, 1.807) is 18.2 Å². The van der Waals surface area contributed by atoms with E-state index in [1.165, 1.54) is 12.1 Å². The van der Waals surface area contributed by atoms with Gasteiger partial charge in [-0.3, -0.25) is 0 Å². The standard InChI is InChI=1S/C8H8O3S/c1-7(12(9,10)11)8-5-3-2-4-6-8/h2-6H,1H2,(H,9,10,11)/p-1. The Bertz CT molecular complexity index is 378. The second-order valence-electron chi connectivity index (χ2n) is 2.24. The summed E-state index contributed by atoms with van der Waals surface area (Å²) in [7, 11) is -4.40. The number of benzene rings is 1. The lowest BCUT2D eigenvalue weighted by atomic mass is 10.2. The summed E-state index contributed by atoms with van der Waals surface area (Å²) in [6.07, 6.45) is 0. The molecule has 0 radical (unpaired) electrons. The Morgan fingerprint density at radius 1 is 1.25 bits per heavy atom. The van der Waals surface area contributed by atoms with Gasteiger partial charge in [0.1, 0.15) is 10.1 Å². The first kappa shape index (κ1) is 8.96. The van der Waals surface area contributed by atoms with Gasteiger partial charge in [-0.1, -0.05) is 36.9 Å². The second kappa shape index (κ2) is 3.08. The van der Waals surface area contributed by atoms with Gasteiger partial charge in [0.15, 0.2) is 0 Å². The molecule has 0 unspecified atom stereocenters. The predicted molar refractivity (Wildman–Crippen MR) is 45.2 cm³/mol. The second-order valence-corrected chi connectivity index (χ2v) is 3.64. The Labute approximate surface area is 71.1 Å². The molecule has 0 aromatic heterocycles. The molecule has 0 aliphatic rings. The molecule has 0 saturated carbocycles. The van der Waals surface area contributed by atoms with Crippen molar-refractivity contribution in [2.75, 3.05) is 0 Å². The molecule has 0 atom stereocenters. The first-order chi connectivity index (χ1) is 5.52. The van der Waals surface area contributed by atoms with Crippen molar-refractivity contribution in [1.29, 1.82) is 0 Å². The zero-order valence-electron chi connectivity index (χ0n) is 6.23. The van der Waals surface area contributed by atoms with Crippen LogP contribution in [-0.2, 0) is 10.1 Å². The van der Waals surface area contributed by atoms with Crippen molar-refractivity contribution in [3.8, 4) is 0 Å². The summed E-state index contributed by atoms with van der Waals surface area (Å²) in [5.74, 6) is 0. The van der Waals surface area contributed by atoms with E-state index in [-0.39, 0.29) is 4.91 Å². The molecule has 64 valence electrons. The van der Waals surface area contributed by atoms with Gasteiger partial charge in [-0.2, -0.15) is 0 Å². The minimum absolute atomic E-state index is 0.340. The third-order valence-electron chi connectivity index (χ3n) is 1.40. The lowest BCUT2D eigenvalue weighted by Gasteiger charge is -2.09. The van der Waals surface area contributed by atoms with Crippen LogP contribution in [0.1, 0.15) is 5.56 Å². The van der Waals surface area contributed by atoms with Crippen LogP contribution in [0, 0.1) is 0 Å². The quantitative estimate of drug-likeness (QED) is 0.647. The first-order valence-electron chi connectivity index (χ1n) is 3.22. The van der Waals surface area contributed by atoms with Crippen LogP contribution in [-0.4, -0.2) is 13.0 Å². The van der Waals surface area contributed by atoms with Crippen LogP contribution < -0.4 is 0 Å². The molecule has 0 spiro atoms. The molecule has 0 amide bonds. The van der Waals surface area contributed by atoms with Crippen molar-refractivity contribution in [3.05, 3.63) is 42.5 Å². The van der Waals surface area contributed by atoms with E-state index >= 15 is 0 Å². The van der Waals surface area contributed by atoms with Gasteiger partial charge in [0.05, 0.1) is 4.91 Å². The zero-order valence-corrected chi connectivity index (χ0v) is 7.04. The van der Waals surface area contributed by atoms with E-state index in [4.69, 9.17) is 0 Å². The summed E-state index contributed by atoms with van der Waals surface area (Å²) >= 11 is 0. The van der Waals surface area contributed by atoms with E-state index in [0.717, 1.165) is 0 Å². The molecule has 1 aromatic rings. The Kier molecular flexibility index (Phi) is 2.30. The number of rotatable bonds is 2. The summed E-state index contributed by atoms with van der Waals surface area (Å²) in [5, 5.41) is 0. The van der Waals surface area contributed by atoms with Crippen LogP contribution in [0.25, 0.3) is 4.91 Å². The van der Waals surface area contributed by atoms with Crippen LogP contribution >= 0.6 is 0 Å². The molecule has 4 heteroatoms. The van der Waals surface area contributed by atoms with Crippen molar-refractivity contribution in [2.45, 2.75) is 0 Å². The lowest BCUT2D eigenvalue weighted by Crippen LogP contribution is -1.99. The van der Waals surface area contributed by atoms with Crippen LogP contribution in [0.15, 0.2) is 36.9 Å². The smallest absolute Gasteiger partial charge is 0.124 e. The summed E-state index contributed by atoms with van der Waals surface area (Å²) < 4.78 is 31.4. The molecule has 1 aromatic carbocycles.